The van der Waals surface area contributed by atoms with Crippen molar-refractivity contribution in [3.05, 3.63) is 47.9 Å². The number of nitrogens with one attached hydrogen (secondary N) is 1. The monoisotopic (exact) mass is 299 g/mol. The van der Waals surface area contributed by atoms with E-state index in [9.17, 15) is 4.79 Å². The first-order valence-corrected chi connectivity index (χ1v) is 7.17. The molecule has 1 N–H and O–H groups in total. The second-order valence-corrected chi connectivity index (χ2v) is 5.25. The number of pyridine rings is 1. The van der Waals surface area contributed by atoms with Crippen LogP contribution in [0.1, 0.15) is 41.7 Å². The number of amides is 1. The fraction of sp³-hybridized carbons (Fsp3) is 0.333. The Morgan fingerprint density at radius 2 is 2.23 bits per heavy atom. The molecule has 0 saturated heterocycles. The lowest BCUT2D eigenvalue weighted by Crippen LogP contribution is -2.26. The van der Waals surface area contributed by atoms with Crippen molar-refractivity contribution >= 4 is 11.8 Å². The first-order valence-electron chi connectivity index (χ1n) is 7.17. The second-order valence-electron chi connectivity index (χ2n) is 5.25. The number of nitrogens with zero attached hydrogens (tertiary/aromatic N) is 4. The predicted molar refractivity (Wildman–Crippen MR) is 79.6 cm³/mol. The van der Waals surface area contributed by atoms with Gasteiger partial charge >= 0.3 is 5.84 Å². The first kappa shape index (κ1) is 14.2. The minimum Gasteiger partial charge on any atom is -0.416 e. The van der Waals surface area contributed by atoms with Crippen LogP contribution >= 0.6 is 0 Å². The molecular formula is C15H17N5O2. The molecule has 3 aromatic heterocycles. The van der Waals surface area contributed by atoms with Gasteiger partial charge in [0.25, 0.3) is 5.91 Å². The molecule has 0 aliphatic carbocycles. The van der Waals surface area contributed by atoms with Gasteiger partial charge in [-0.15, -0.1) is 0 Å². The number of carbonyl (C=O) groups is 1. The highest BCUT2D eigenvalue weighted by molar-refractivity contribution is 5.93. The average molecular weight is 299 g/mol. The number of oxazole rings is 1. The number of hydrogen-bond donors (Lipinski definition) is 1. The summed E-state index contributed by atoms with van der Waals surface area (Å²) in [6.45, 7) is 4.46. The Morgan fingerprint density at radius 3 is 2.95 bits per heavy atom. The summed E-state index contributed by atoms with van der Waals surface area (Å²) in [7, 11) is 0. The van der Waals surface area contributed by atoms with E-state index in [0.717, 1.165) is 11.4 Å². The van der Waals surface area contributed by atoms with Gasteiger partial charge in [-0.25, -0.2) is 0 Å². The van der Waals surface area contributed by atoms with E-state index in [1.54, 1.807) is 10.7 Å². The van der Waals surface area contributed by atoms with E-state index < -0.39 is 0 Å². The standard InChI is InChI=1S/C15H17N5O2/c1-10(2)12-13(22-15-18-9-19-20(12)15)14(21)17-8-6-11-5-3-4-7-16-11/h3-5,7,9-10H,6,8H2,1-2H3,(H,17,21). The number of carbonyl (C=O) groups excluding carboxylic acids is 1. The largest absolute Gasteiger partial charge is 0.416 e. The second kappa shape index (κ2) is 5.97. The highest BCUT2D eigenvalue weighted by Gasteiger charge is 2.24. The van der Waals surface area contributed by atoms with Crippen LogP contribution in [0.15, 0.2) is 35.1 Å². The van der Waals surface area contributed by atoms with Gasteiger partial charge in [-0.1, -0.05) is 19.9 Å². The van der Waals surface area contributed by atoms with E-state index in [2.05, 4.69) is 20.4 Å². The highest BCUT2D eigenvalue weighted by atomic mass is 16.4. The maximum Gasteiger partial charge on any atom is 0.325 e. The summed E-state index contributed by atoms with van der Waals surface area (Å²) in [5.74, 6) is 0.441. The summed E-state index contributed by atoms with van der Waals surface area (Å²) in [5.41, 5.74) is 1.66. The molecule has 0 saturated carbocycles. The van der Waals surface area contributed by atoms with Gasteiger partial charge in [0, 0.05) is 24.9 Å². The van der Waals surface area contributed by atoms with Crippen molar-refractivity contribution in [3.63, 3.8) is 0 Å². The van der Waals surface area contributed by atoms with Crippen molar-refractivity contribution in [1.82, 2.24) is 24.9 Å². The van der Waals surface area contributed by atoms with Crippen LogP contribution in [0, 0.1) is 0 Å². The van der Waals surface area contributed by atoms with Gasteiger partial charge in [-0.2, -0.15) is 14.6 Å². The summed E-state index contributed by atoms with van der Waals surface area (Å²) in [4.78, 5) is 20.5. The Balaban J connectivity index is 1.72. The van der Waals surface area contributed by atoms with Crippen LogP contribution in [0.3, 0.4) is 0 Å². The van der Waals surface area contributed by atoms with Gasteiger partial charge in [0.05, 0.1) is 5.69 Å². The SMILES string of the molecule is CC(C)c1c(C(=O)NCCc2ccccn2)oc2ncnn12. The smallest absolute Gasteiger partial charge is 0.325 e. The van der Waals surface area contributed by atoms with Crippen molar-refractivity contribution in [1.29, 1.82) is 0 Å². The van der Waals surface area contributed by atoms with Crippen LogP contribution in [0.5, 0.6) is 0 Å². The molecule has 0 spiro atoms. The minimum absolute atomic E-state index is 0.0968. The van der Waals surface area contributed by atoms with Crippen molar-refractivity contribution in [2.75, 3.05) is 6.54 Å². The normalized spacial score (nSPS) is 11.2. The summed E-state index contributed by atoms with van der Waals surface area (Å²) in [6, 6.07) is 5.72. The molecule has 0 unspecified atom stereocenters. The van der Waals surface area contributed by atoms with Crippen molar-refractivity contribution in [2.45, 2.75) is 26.2 Å². The van der Waals surface area contributed by atoms with E-state index in [0.29, 0.717) is 18.8 Å². The predicted octanol–water partition coefficient (Wildman–Crippen LogP) is 1.81. The topological polar surface area (TPSA) is 85.3 Å². The van der Waals surface area contributed by atoms with Crippen LogP contribution in [0.4, 0.5) is 0 Å². The molecule has 0 radical (unpaired) electrons. The Hall–Kier alpha value is -2.70. The molecule has 7 nitrogen and oxygen atoms in total. The zero-order valence-electron chi connectivity index (χ0n) is 12.5. The third kappa shape index (κ3) is 2.69. The Kier molecular flexibility index (Phi) is 3.86. The summed E-state index contributed by atoms with van der Waals surface area (Å²) in [5, 5.41) is 6.94. The van der Waals surface area contributed by atoms with Crippen LogP contribution in [-0.2, 0) is 6.42 Å². The number of rotatable bonds is 5. The molecule has 0 fully saturated rings. The summed E-state index contributed by atoms with van der Waals surface area (Å²) < 4.78 is 7.09. The fourth-order valence-electron chi connectivity index (χ4n) is 2.31. The van der Waals surface area contributed by atoms with Crippen LogP contribution in [0.25, 0.3) is 5.84 Å². The zero-order chi connectivity index (χ0) is 15.5. The van der Waals surface area contributed by atoms with E-state index >= 15 is 0 Å². The maximum atomic E-state index is 12.3. The van der Waals surface area contributed by atoms with Gasteiger partial charge in [0.2, 0.25) is 5.76 Å². The van der Waals surface area contributed by atoms with Gasteiger partial charge in [0.1, 0.15) is 6.33 Å². The summed E-state index contributed by atoms with van der Waals surface area (Å²) >= 11 is 0. The maximum absolute atomic E-state index is 12.3. The molecule has 7 heteroatoms. The molecule has 0 aliphatic heterocycles. The number of fused-ring (bicyclic) bond motifs is 1. The summed E-state index contributed by atoms with van der Waals surface area (Å²) in [6.07, 6.45) is 3.81. The molecule has 1 amide bonds. The Labute approximate surface area is 127 Å². The Bertz CT molecular complexity index is 776. The lowest BCUT2D eigenvalue weighted by molar-refractivity contribution is 0.0926. The lowest BCUT2D eigenvalue weighted by atomic mass is 10.1. The zero-order valence-corrected chi connectivity index (χ0v) is 12.5. The minimum atomic E-state index is -0.257. The van der Waals surface area contributed by atoms with Gasteiger partial charge in [-0.3, -0.25) is 9.78 Å². The lowest BCUT2D eigenvalue weighted by Gasteiger charge is -2.06. The first-order chi connectivity index (χ1) is 10.7. The van der Waals surface area contributed by atoms with E-state index in [1.807, 2.05) is 32.0 Å². The van der Waals surface area contributed by atoms with Gasteiger partial charge in [0.15, 0.2) is 0 Å². The van der Waals surface area contributed by atoms with Crippen LogP contribution < -0.4 is 5.32 Å². The molecule has 0 aromatic carbocycles. The molecule has 3 rings (SSSR count). The number of hydrogen-bond acceptors (Lipinski definition) is 5. The molecule has 0 atom stereocenters. The molecule has 0 bridgehead atoms. The highest BCUT2D eigenvalue weighted by Crippen LogP contribution is 2.22. The Morgan fingerprint density at radius 1 is 1.36 bits per heavy atom. The third-order valence-electron chi connectivity index (χ3n) is 3.32. The van der Waals surface area contributed by atoms with Crippen molar-refractivity contribution in [2.24, 2.45) is 0 Å². The molecular weight excluding hydrogens is 282 g/mol. The molecule has 114 valence electrons. The van der Waals surface area contributed by atoms with Gasteiger partial charge < -0.3 is 9.73 Å². The van der Waals surface area contributed by atoms with E-state index in [-0.39, 0.29) is 17.6 Å². The van der Waals surface area contributed by atoms with Crippen LogP contribution in [-0.4, -0.2) is 32.0 Å². The average Bonchev–Trinajstić information content (AvgIpc) is 3.08. The molecule has 0 aliphatic rings. The molecule has 3 heterocycles. The quantitative estimate of drug-likeness (QED) is 0.776. The van der Waals surface area contributed by atoms with Gasteiger partial charge in [-0.05, 0) is 18.1 Å². The third-order valence-corrected chi connectivity index (χ3v) is 3.32. The van der Waals surface area contributed by atoms with Crippen molar-refractivity contribution < 1.29 is 9.21 Å². The number of aromatic nitrogens is 4. The van der Waals surface area contributed by atoms with Crippen LogP contribution in [0.2, 0.25) is 0 Å². The van der Waals surface area contributed by atoms with Crippen molar-refractivity contribution in [3.8, 4) is 0 Å². The molecule has 3 aromatic rings. The molecule has 22 heavy (non-hydrogen) atoms. The fourth-order valence-corrected chi connectivity index (χ4v) is 2.31. The van der Waals surface area contributed by atoms with E-state index in [4.69, 9.17) is 4.42 Å². The van der Waals surface area contributed by atoms with E-state index in [1.165, 1.54) is 6.33 Å².